The Kier molecular flexibility index (Phi) is 5.94. The molecule has 3 rings (SSSR count). The van der Waals surface area contributed by atoms with Gasteiger partial charge >= 0.3 is 5.97 Å². The van der Waals surface area contributed by atoms with Gasteiger partial charge in [-0.05, 0) is 60.6 Å². The molecule has 5 nitrogen and oxygen atoms in total. The van der Waals surface area contributed by atoms with Gasteiger partial charge in [0, 0.05) is 11.4 Å². The van der Waals surface area contributed by atoms with Gasteiger partial charge in [0.15, 0.2) is 5.11 Å². The van der Waals surface area contributed by atoms with Crippen LogP contribution in [0.15, 0.2) is 59.8 Å². The second kappa shape index (κ2) is 8.39. The summed E-state index contributed by atoms with van der Waals surface area (Å²) in [5.74, 6) is -0.155. The lowest BCUT2D eigenvalue weighted by atomic mass is 9.93. The molecule has 7 heteroatoms. The Morgan fingerprint density at radius 1 is 1.21 bits per heavy atom. The van der Waals surface area contributed by atoms with Crippen molar-refractivity contribution in [2.24, 2.45) is 0 Å². The van der Waals surface area contributed by atoms with Crippen LogP contribution < -0.4 is 15.0 Å². The van der Waals surface area contributed by atoms with Gasteiger partial charge in [0.25, 0.3) is 0 Å². The summed E-state index contributed by atoms with van der Waals surface area (Å²) in [4.78, 5) is 14.5. The van der Waals surface area contributed by atoms with Crippen LogP contribution in [0.2, 0.25) is 0 Å². The van der Waals surface area contributed by atoms with Crippen molar-refractivity contribution in [1.82, 2.24) is 5.32 Å². The molecule has 0 radical (unpaired) electrons. The zero-order chi connectivity index (χ0) is 20.3. The van der Waals surface area contributed by atoms with Crippen molar-refractivity contribution in [1.29, 1.82) is 0 Å². The van der Waals surface area contributed by atoms with Crippen molar-refractivity contribution in [2.75, 3.05) is 19.1 Å². The molecular formula is C21H21FN2O3S. The highest BCUT2D eigenvalue weighted by Crippen LogP contribution is 2.36. The number of thiocarbonyl (C=S) groups is 1. The molecule has 0 saturated heterocycles. The van der Waals surface area contributed by atoms with E-state index in [2.05, 4.69) is 5.32 Å². The van der Waals surface area contributed by atoms with Crippen LogP contribution in [0, 0.1) is 5.82 Å². The first kappa shape index (κ1) is 19.8. The summed E-state index contributed by atoms with van der Waals surface area (Å²) in [6.07, 6.45) is 0.532. The van der Waals surface area contributed by atoms with Crippen LogP contribution in [0.5, 0.6) is 5.75 Å². The lowest BCUT2D eigenvalue weighted by Crippen LogP contribution is -2.48. The number of benzene rings is 2. The number of carbonyl (C=O) groups is 1. The van der Waals surface area contributed by atoms with E-state index in [0.29, 0.717) is 34.1 Å². The van der Waals surface area contributed by atoms with Crippen molar-refractivity contribution in [3.05, 3.63) is 71.2 Å². The Morgan fingerprint density at radius 3 is 2.50 bits per heavy atom. The van der Waals surface area contributed by atoms with E-state index in [-0.39, 0.29) is 5.82 Å². The topological polar surface area (TPSA) is 50.8 Å². The van der Waals surface area contributed by atoms with E-state index in [0.717, 1.165) is 5.69 Å². The summed E-state index contributed by atoms with van der Waals surface area (Å²) in [5, 5.41) is 3.59. The molecule has 0 bridgehead atoms. The third-order valence-corrected chi connectivity index (χ3v) is 4.89. The Balaban J connectivity index is 2.16. The van der Waals surface area contributed by atoms with Crippen molar-refractivity contribution >= 4 is 29.0 Å². The molecule has 0 spiro atoms. The Morgan fingerprint density at radius 2 is 1.93 bits per heavy atom. The fourth-order valence-corrected chi connectivity index (χ4v) is 3.64. The van der Waals surface area contributed by atoms with Gasteiger partial charge in [-0.1, -0.05) is 19.1 Å². The summed E-state index contributed by atoms with van der Waals surface area (Å²) >= 11 is 5.60. The highest BCUT2D eigenvalue weighted by molar-refractivity contribution is 7.80. The van der Waals surface area contributed by atoms with Crippen LogP contribution in [-0.4, -0.2) is 25.3 Å². The Bertz CT molecular complexity index is 928. The minimum Gasteiger partial charge on any atom is -0.497 e. The van der Waals surface area contributed by atoms with Crippen LogP contribution >= 0.6 is 12.2 Å². The fraction of sp³-hybridized carbons (Fsp3) is 0.238. The standard InChI is InChI=1S/C21H21FN2O3S/c1-4-17-18(20(25)27-3)19(13-6-5-7-14(22)12-13)23-21(28)24(17)15-8-10-16(26-2)11-9-15/h5-12,19H,4H2,1-3H3,(H,23,28)/t19-/m0/s1. The fourth-order valence-electron chi connectivity index (χ4n) is 3.30. The zero-order valence-corrected chi connectivity index (χ0v) is 16.7. The van der Waals surface area contributed by atoms with E-state index in [1.165, 1.54) is 19.2 Å². The van der Waals surface area contributed by atoms with Crippen molar-refractivity contribution < 1.29 is 18.7 Å². The van der Waals surface area contributed by atoms with E-state index >= 15 is 0 Å². The molecule has 0 aliphatic carbocycles. The number of hydrogen-bond donors (Lipinski definition) is 1. The van der Waals surface area contributed by atoms with Gasteiger partial charge in [0.1, 0.15) is 11.6 Å². The number of allylic oxidation sites excluding steroid dienone is 1. The van der Waals surface area contributed by atoms with Gasteiger partial charge in [-0.15, -0.1) is 0 Å². The summed E-state index contributed by atoms with van der Waals surface area (Å²) in [6, 6.07) is 12.9. The Hall–Kier alpha value is -2.93. The maximum atomic E-state index is 13.8. The summed E-state index contributed by atoms with van der Waals surface area (Å²) in [7, 11) is 2.92. The molecule has 2 aromatic carbocycles. The molecule has 28 heavy (non-hydrogen) atoms. The van der Waals surface area contributed by atoms with Crippen molar-refractivity contribution in [3.63, 3.8) is 0 Å². The minimum absolute atomic E-state index is 0.384. The average molecular weight is 400 g/mol. The first-order chi connectivity index (χ1) is 13.5. The van der Waals surface area contributed by atoms with Crippen LogP contribution in [0.4, 0.5) is 10.1 Å². The predicted molar refractivity (Wildman–Crippen MR) is 110 cm³/mol. The second-order valence-corrected chi connectivity index (χ2v) is 6.56. The van der Waals surface area contributed by atoms with E-state index in [4.69, 9.17) is 21.7 Å². The number of esters is 1. The van der Waals surface area contributed by atoms with Crippen LogP contribution in [0.3, 0.4) is 0 Å². The van der Waals surface area contributed by atoms with Crippen LogP contribution in [-0.2, 0) is 9.53 Å². The number of anilines is 1. The number of halogens is 1. The van der Waals surface area contributed by atoms with Gasteiger partial charge in [-0.3, -0.25) is 4.90 Å². The molecule has 2 aromatic rings. The molecule has 0 aromatic heterocycles. The van der Waals surface area contributed by atoms with Gasteiger partial charge < -0.3 is 14.8 Å². The average Bonchev–Trinajstić information content (AvgIpc) is 2.72. The second-order valence-electron chi connectivity index (χ2n) is 6.18. The molecule has 0 amide bonds. The van der Waals surface area contributed by atoms with E-state index in [1.807, 2.05) is 31.2 Å². The lowest BCUT2D eigenvalue weighted by Gasteiger charge is -2.38. The summed E-state index contributed by atoms with van der Waals surface area (Å²) in [5.41, 5.74) is 2.49. The zero-order valence-electron chi connectivity index (χ0n) is 15.9. The first-order valence-corrected chi connectivity index (χ1v) is 9.22. The number of ether oxygens (including phenoxy) is 2. The third kappa shape index (κ3) is 3.71. The quantitative estimate of drug-likeness (QED) is 0.602. The van der Waals surface area contributed by atoms with Crippen LogP contribution in [0.1, 0.15) is 24.9 Å². The smallest absolute Gasteiger partial charge is 0.337 e. The van der Waals surface area contributed by atoms with Gasteiger partial charge in [0.2, 0.25) is 0 Å². The van der Waals surface area contributed by atoms with E-state index in [9.17, 15) is 9.18 Å². The van der Waals surface area contributed by atoms with Gasteiger partial charge in [-0.25, -0.2) is 9.18 Å². The molecule has 0 unspecified atom stereocenters. The summed E-state index contributed by atoms with van der Waals surface area (Å²) in [6.45, 7) is 1.94. The number of nitrogens with one attached hydrogen (secondary N) is 1. The first-order valence-electron chi connectivity index (χ1n) is 8.81. The third-order valence-electron chi connectivity index (χ3n) is 4.59. The molecule has 1 N–H and O–H groups in total. The normalized spacial score (nSPS) is 16.6. The molecule has 0 fully saturated rings. The van der Waals surface area contributed by atoms with Gasteiger partial charge in [-0.2, -0.15) is 0 Å². The Labute approximate surface area is 168 Å². The molecule has 0 saturated carbocycles. The number of carbonyl (C=O) groups excluding carboxylic acids is 1. The number of nitrogens with zero attached hydrogens (tertiary/aromatic N) is 1. The minimum atomic E-state index is -0.597. The molecule has 146 valence electrons. The number of hydrogen-bond acceptors (Lipinski definition) is 4. The molecule has 1 heterocycles. The SMILES string of the molecule is CCC1=C(C(=O)OC)[C@H](c2cccc(F)c2)NC(=S)N1c1ccc(OC)cc1. The van der Waals surface area contributed by atoms with Crippen molar-refractivity contribution in [2.45, 2.75) is 19.4 Å². The predicted octanol–water partition coefficient (Wildman–Crippen LogP) is 4.11. The van der Waals surface area contributed by atoms with Crippen molar-refractivity contribution in [3.8, 4) is 5.75 Å². The van der Waals surface area contributed by atoms with E-state index < -0.39 is 12.0 Å². The molecule has 1 aliphatic rings. The highest BCUT2D eigenvalue weighted by atomic mass is 32.1. The number of rotatable bonds is 5. The number of methoxy groups -OCH3 is 2. The highest BCUT2D eigenvalue weighted by Gasteiger charge is 2.36. The maximum absolute atomic E-state index is 13.8. The van der Waals surface area contributed by atoms with Crippen LogP contribution in [0.25, 0.3) is 0 Å². The van der Waals surface area contributed by atoms with Gasteiger partial charge in [0.05, 0.1) is 25.8 Å². The summed E-state index contributed by atoms with van der Waals surface area (Å²) < 4.78 is 24.1. The molecular weight excluding hydrogens is 379 g/mol. The van der Waals surface area contributed by atoms with E-state index in [1.54, 1.807) is 24.1 Å². The monoisotopic (exact) mass is 400 g/mol. The largest absolute Gasteiger partial charge is 0.497 e. The molecule has 1 aliphatic heterocycles. The maximum Gasteiger partial charge on any atom is 0.337 e. The molecule has 1 atom stereocenters. The lowest BCUT2D eigenvalue weighted by molar-refractivity contribution is -0.136.